The van der Waals surface area contributed by atoms with Crippen molar-refractivity contribution in [1.29, 1.82) is 0 Å². The molecule has 0 bridgehead atoms. The molecule has 0 unspecified atom stereocenters. The third kappa shape index (κ3) is 7.99. The van der Waals surface area contributed by atoms with E-state index in [1.165, 1.54) is 24.1 Å². The molecule has 10 heteroatoms. The lowest BCUT2D eigenvalue weighted by atomic mass is 10.1. The lowest BCUT2D eigenvalue weighted by molar-refractivity contribution is -0.139. The number of hydrogen-bond donors (Lipinski definition) is 1. The third-order valence-electron chi connectivity index (χ3n) is 6.34. The number of aryl methyl sites for hydroxylation is 1. The van der Waals surface area contributed by atoms with Crippen molar-refractivity contribution >= 4 is 39.1 Å². The van der Waals surface area contributed by atoms with Crippen molar-refractivity contribution in [2.24, 2.45) is 5.92 Å². The minimum absolute atomic E-state index is 0.0471. The summed E-state index contributed by atoms with van der Waals surface area (Å²) >= 11 is 6.18. The highest BCUT2D eigenvalue weighted by atomic mass is 35.5. The van der Waals surface area contributed by atoms with Crippen molar-refractivity contribution in [1.82, 2.24) is 10.2 Å². The second-order valence-corrected chi connectivity index (χ2v) is 12.3. The molecule has 0 aliphatic heterocycles. The number of hydrogen-bond acceptors (Lipinski definition) is 5. The Kier molecular flexibility index (Phi) is 10.6. The average molecular weight is 586 g/mol. The molecule has 3 rings (SSSR count). The number of halogens is 1. The van der Waals surface area contributed by atoms with Crippen molar-refractivity contribution < 1.29 is 22.7 Å². The number of amides is 2. The molecule has 1 atom stereocenters. The van der Waals surface area contributed by atoms with E-state index in [1.54, 1.807) is 67.6 Å². The van der Waals surface area contributed by atoms with E-state index in [-0.39, 0.29) is 29.0 Å². The number of carbonyl (C=O) groups excluding carboxylic acids is 2. The fraction of sp³-hybridized carbons (Fsp3) is 0.333. The second-order valence-electron chi connectivity index (χ2n) is 9.99. The number of anilines is 1. The number of carbonyl (C=O) groups is 2. The zero-order valence-corrected chi connectivity index (χ0v) is 25.0. The van der Waals surface area contributed by atoms with Gasteiger partial charge in [0.1, 0.15) is 18.3 Å². The van der Waals surface area contributed by atoms with Crippen molar-refractivity contribution in [3.05, 3.63) is 88.9 Å². The molecular weight excluding hydrogens is 550 g/mol. The summed E-state index contributed by atoms with van der Waals surface area (Å²) < 4.78 is 34.0. The number of nitrogens with one attached hydrogen (secondary N) is 1. The van der Waals surface area contributed by atoms with Gasteiger partial charge in [0.2, 0.25) is 11.8 Å². The van der Waals surface area contributed by atoms with Crippen LogP contribution in [0.25, 0.3) is 0 Å². The molecule has 8 nitrogen and oxygen atoms in total. The summed E-state index contributed by atoms with van der Waals surface area (Å²) in [6.07, 6.45) is 0. The van der Waals surface area contributed by atoms with Crippen molar-refractivity contribution in [2.45, 2.75) is 45.2 Å². The van der Waals surface area contributed by atoms with Crippen LogP contribution in [0.2, 0.25) is 5.02 Å². The number of nitrogens with zero attached hydrogens (tertiary/aromatic N) is 2. The first-order valence-electron chi connectivity index (χ1n) is 13.0. The fourth-order valence-electron chi connectivity index (χ4n) is 3.98. The maximum atomic E-state index is 13.9. The number of rotatable bonds is 12. The SMILES string of the molecule is COc1ccc(N(CC(=O)N(Cc2cccc(Cl)c2)[C@H](C)C(=O)NCC(C)C)S(=O)(=O)c2ccc(C)cc2)cc1. The van der Waals surface area contributed by atoms with Crippen LogP contribution >= 0.6 is 11.6 Å². The van der Waals surface area contributed by atoms with Crippen LogP contribution < -0.4 is 14.4 Å². The van der Waals surface area contributed by atoms with Crippen LogP contribution in [0.4, 0.5) is 5.69 Å². The minimum Gasteiger partial charge on any atom is -0.497 e. The van der Waals surface area contributed by atoms with Crippen LogP contribution in [0.1, 0.15) is 31.9 Å². The maximum Gasteiger partial charge on any atom is 0.264 e. The van der Waals surface area contributed by atoms with Gasteiger partial charge in [0, 0.05) is 18.1 Å². The van der Waals surface area contributed by atoms with Gasteiger partial charge in [-0.3, -0.25) is 13.9 Å². The first kappa shape index (κ1) is 31.0. The molecule has 0 saturated heterocycles. The van der Waals surface area contributed by atoms with Crippen LogP contribution in [0.3, 0.4) is 0 Å². The zero-order valence-electron chi connectivity index (χ0n) is 23.4. The Labute approximate surface area is 241 Å². The van der Waals surface area contributed by atoms with E-state index >= 15 is 0 Å². The summed E-state index contributed by atoms with van der Waals surface area (Å²) in [5.74, 6) is -0.112. The highest BCUT2D eigenvalue weighted by Crippen LogP contribution is 2.27. The summed E-state index contributed by atoms with van der Waals surface area (Å²) in [5.41, 5.74) is 1.90. The predicted octanol–water partition coefficient (Wildman–Crippen LogP) is 5.04. The number of methoxy groups -OCH3 is 1. The molecule has 1 N–H and O–H groups in total. The molecule has 0 fully saturated rings. The molecule has 3 aromatic rings. The van der Waals surface area contributed by atoms with E-state index in [9.17, 15) is 18.0 Å². The lowest BCUT2D eigenvalue weighted by Gasteiger charge is -2.32. The first-order valence-corrected chi connectivity index (χ1v) is 14.8. The fourth-order valence-corrected chi connectivity index (χ4v) is 5.61. The number of ether oxygens (including phenoxy) is 1. The summed E-state index contributed by atoms with van der Waals surface area (Å²) in [6.45, 7) is 7.43. The van der Waals surface area contributed by atoms with Gasteiger partial charge in [0.25, 0.3) is 10.0 Å². The van der Waals surface area contributed by atoms with Gasteiger partial charge in [-0.15, -0.1) is 0 Å². The van der Waals surface area contributed by atoms with Crippen LogP contribution in [0.15, 0.2) is 77.7 Å². The molecule has 0 heterocycles. The normalized spacial score (nSPS) is 12.1. The minimum atomic E-state index is -4.14. The second kappa shape index (κ2) is 13.7. The van der Waals surface area contributed by atoms with E-state index in [0.29, 0.717) is 22.9 Å². The van der Waals surface area contributed by atoms with E-state index in [4.69, 9.17) is 16.3 Å². The average Bonchev–Trinajstić information content (AvgIpc) is 2.93. The van der Waals surface area contributed by atoms with Gasteiger partial charge < -0.3 is 15.0 Å². The van der Waals surface area contributed by atoms with Crippen LogP contribution in [-0.4, -0.2) is 51.4 Å². The molecular formula is C30H36ClN3O5S. The molecule has 3 aromatic carbocycles. The Morgan fingerprint density at radius 1 is 0.975 bits per heavy atom. The molecule has 0 aromatic heterocycles. The predicted molar refractivity (Wildman–Crippen MR) is 158 cm³/mol. The lowest BCUT2D eigenvalue weighted by Crippen LogP contribution is -2.51. The first-order chi connectivity index (χ1) is 18.9. The van der Waals surface area contributed by atoms with E-state index in [0.717, 1.165) is 9.87 Å². The highest BCUT2D eigenvalue weighted by Gasteiger charge is 2.32. The quantitative estimate of drug-likeness (QED) is 0.321. The van der Waals surface area contributed by atoms with Gasteiger partial charge in [-0.25, -0.2) is 8.42 Å². The van der Waals surface area contributed by atoms with Crippen molar-refractivity contribution in [2.75, 3.05) is 24.5 Å². The largest absolute Gasteiger partial charge is 0.497 e. The monoisotopic (exact) mass is 585 g/mol. The van der Waals surface area contributed by atoms with E-state index < -0.39 is 28.5 Å². The maximum absolute atomic E-state index is 13.9. The van der Waals surface area contributed by atoms with Gasteiger partial charge in [-0.05, 0) is 73.9 Å². The van der Waals surface area contributed by atoms with Crippen LogP contribution in [0.5, 0.6) is 5.75 Å². The standard InChI is InChI=1S/C30H36ClN3O5S/c1-21(2)18-32-30(36)23(4)33(19-24-7-6-8-25(31)17-24)29(35)20-34(26-11-13-27(39-5)14-12-26)40(37,38)28-15-9-22(3)10-16-28/h6-17,21,23H,18-20H2,1-5H3,(H,32,36)/t23-/m1/s1. The Morgan fingerprint density at radius 3 is 2.20 bits per heavy atom. The zero-order chi connectivity index (χ0) is 29.4. The van der Waals surface area contributed by atoms with E-state index in [2.05, 4.69) is 5.32 Å². The van der Waals surface area contributed by atoms with Crippen LogP contribution in [0, 0.1) is 12.8 Å². The summed E-state index contributed by atoms with van der Waals surface area (Å²) in [4.78, 5) is 28.4. The van der Waals surface area contributed by atoms with E-state index in [1.807, 2.05) is 20.8 Å². The van der Waals surface area contributed by atoms with Gasteiger partial charge >= 0.3 is 0 Å². The molecule has 0 radical (unpaired) electrons. The number of sulfonamides is 1. The van der Waals surface area contributed by atoms with Gasteiger partial charge in [-0.2, -0.15) is 0 Å². The Bertz CT molecular complexity index is 1410. The Balaban J connectivity index is 2.02. The topological polar surface area (TPSA) is 96.0 Å². The Hall–Kier alpha value is -3.56. The molecule has 40 heavy (non-hydrogen) atoms. The summed E-state index contributed by atoms with van der Waals surface area (Å²) in [6, 6.07) is 19.0. The van der Waals surface area contributed by atoms with Crippen molar-refractivity contribution in [3.8, 4) is 5.75 Å². The summed E-state index contributed by atoms with van der Waals surface area (Å²) in [7, 11) is -2.63. The van der Waals surface area contributed by atoms with Gasteiger partial charge in [0.05, 0.1) is 17.7 Å². The molecule has 2 amide bonds. The highest BCUT2D eigenvalue weighted by molar-refractivity contribution is 7.92. The number of benzene rings is 3. The molecule has 0 aliphatic carbocycles. The summed E-state index contributed by atoms with van der Waals surface area (Å²) in [5, 5.41) is 3.36. The van der Waals surface area contributed by atoms with Gasteiger partial charge in [-0.1, -0.05) is 55.3 Å². The molecule has 0 saturated carbocycles. The molecule has 0 spiro atoms. The Morgan fingerprint density at radius 2 is 1.62 bits per heavy atom. The van der Waals surface area contributed by atoms with Crippen molar-refractivity contribution in [3.63, 3.8) is 0 Å². The smallest absolute Gasteiger partial charge is 0.264 e. The van der Waals surface area contributed by atoms with Gasteiger partial charge in [0.15, 0.2) is 0 Å². The van der Waals surface area contributed by atoms with Crippen LogP contribution in [-0.2, 0) is 26.2 Å². The third-order valence-corrected chi connectivity index (χ3v) is 8.37. The molecule has 214 valence electrons. The molecule has 0 aliphatic rings.